The SMILES string of the molecule is CCOC(=O)C(Cl)=NCCc1ccccc1. The third-order valence-corrected chi connectivity index (χ3v) is 2.21. The predicted octanol–water partition coefficient (Wildman–Crippen LogP) is 2.43. The molecule has 0 fully saturated rings. The highest BCUT2D eigenvalue weighted by Crippen LogP contribution is 2.00. The number of benzene rings is 1. The number of esters is 1. The van der Waals surface area contributed by atoms with Crippen LogP contribution in [0.1, 0.15) is 12.5 Å². The summed E-state index contributed by atoms with van der Waals surface area (Å²) >= 11 is 5.65. The van der Waals surface area contributed by atoms with Crippen molar-refractivity contribution in [2.45, 2.75) is 13.3 Å². The minimum atomic E-state index is -0.558. The van der Waals surface area contributed by atoms with E-state index in [2.05, 4.69) is 4.99 Å². The third kappa shape index (κ3) is 4.45. The molecule has 1 aromatic rings. The summed E-state index contributed by atoms with van der Waals surface area (Å²) in [5.74, 6) is -0.558. The molecular weight excluding hydrogens is 226 g/mol. The van der Waals surface area contributed by atoms with Crippen molar-refractivity contribution in [3.63, 3.8) is 0 Å². The van der Waals surface area contributed by atoms with Gasteiger partial charge in [0.25, 0.3) is 0 Å². The van der Waals surface area contributed by atoms with Crippen LogP contribution >= 0.6 is 11.6 Å². The van der Waals surface area contributed by atoms with Crippen LogP contribution in [-0.2, 0) is 16.0 Å². The first-order chi connectivity index (χ1) is 7.74. The smallest absolute Gasteiger partial charge is 0.368 e. The molecular formula is C12H14ClNO2. The first-order valence-corrected chi connectivity index (χ1v) is 5.53. The minimum absolute atomic E-state index is 0.0854. The summed E-state index contributed by atoms with van der Waals surface area (Å²) in [7, 11) is 0. The largest absolute Gasteiger partial charge is 0.461 e. The second-order valence-electron chi connectivity index (χ2n) is 3.13. The zero-order chi connectivity index (χ0) is 11.8. The molecule has 4 heteroatoms. The molecule has 0 aliphatic carbocycles. The van der Waals surface area contributed by atoms with Crippen molar-refractivity contribution in [3.8, 4) is 0 Å². The van der Waals surface area contributed by atoms with Crippen molar-refractivity contribution in [1.82, 2.24) is 0 Å². The molecule has 1 rings (SSSR count). The van der Waals surface area contributed by atoms with Crippen molar-refractivity contribution < 1.29 is 9.53 Å². The first kappa shape index (κ1) is 12.7. The molecule has 0 amide bonds. The third-order valence-electron chi connectivity index (χ3n) is 1.94. The molecule has 0 unspecified atom stereocenters. The Bertz CT molecular complexity index is 363. The average Bonchev–Trinajstić information content (AvgIpc) is 2.30. The molecule has 1 aromatic carbocycles. The highest BCUT2D eigenvalue weighted by atomic mass is 35.5. The quantitative estimate of drug-likeness (QED) is 0.585. The first-order valence-electron chi connectivity index (χ1n) is 5.15. The van der Waals surface area contributed by atoms with Gasteiger partial charge in [-0.1, -0.05) is 41.9 Å². The second-order valence-corrected chi connectivity index (χ2v) is 3.49. The summed E-state index contributed by atoms with van der Waals surface area (Å²) in [5.41, 5.74) is 1.17. The van der Waals surface area contributed by atoms with E-state index in [0.29, 0.717) is 13.2 Å². The van der Waals surface area contributed by atoms with Crippen LogP contribution in [0.15, 0.2) is 35.3 Å². The molecule has 0 aliphatic heterocycles. The van der Waals surface area contributed by atoms with Crippen LogP contribution < -0.4 is 0 Å². The molecule has 3 nitrogen and oxygen atoms in total. The molecule has 0 saturated heterocycles. The van der Waals surface area contributed by atoms with E-state index < -0.39 is 5.97 Å². The molecule has 0 aromatic heterocycles. The fraction of sp³-hybridized carbons (Fsp3) is 0.333. The number of hydrogen-bond donors (Lipinski definition) is 0. The Labute approximate surface area is 100 Å². The van der Waals surface area contributed by atoms with Gasteiger partial charge >= 0.3 is 5.97 Å². The zero-order valence-electron chi connectivity index (χ0n) is 9.15. The fourth-order valence-corrected chi connectivity index (χ4v) is 1.32. The Morgan fingerprint density at radius 1 is 1.38 bits per heavy atom. The number of aliphatic imine (C=N–C) groups is 1. The summed E-state index contributed by atoms with van der Waals surface area (Å²) in [5, 5.41) is -0.0854. The molecule has 0 atom stereocenters. The minimum Gasteiger partial charge on any atom is -0.461 e. The number of halogens is 1. The molecule has 0 N–H and O–H groups in total. The van der Waals surface area contributed by atoms with Crippen LogP contribution in [-0.4, -0.2) is 24.3 Å². The van der Waals surface area contributed by atoms with E-state index in [1.807, 2.05) is 30.3 Å². The molecule has 0 aliphatic rings. The number of ether oxygens (including phenoxy) is 1. The highest BCUT2D eigenvalue weighted by Gasteiger charge is 2.07. The topological polar surface area (TPSA) is 38.7 Å². The lowest BCUT2D eigenvalue weighted by atomic mass is 10.2. The highest BCUT2D eigenvalue weighted by molar-refractivity contribution is 6.82. The van der Waals surface area contributed by atoms with Crippen LogP contribution in [0.4, 0.5) is 0 Å². The van der Waals surface area contributed by atoms with E-state index in [-0.39, 0.29) is 5.17 Å². The maximum Gasteiger partial charge on any atom is 0.368 e. The maximum absolute atomic E-state index is 11.1. The van der Waals surface area contributed by atoms with Gasteiger partial charge in [-0.2, -0.15) is 0 Å². The number of hydrogen-bond acceptors (Lipinski definition) is 3. The maximum atomic E-state index is 11.1. The van der Waals surface area contributed by atoms with Gasteiger partial charge in [0.1, 0.15) is 0 Å². The van der Waals surface area contributed by atoms with Gasteiger partial charge in [-0.25, -0.2) is 4.79 Å². The standard InChI is InChI=1S/C12H14ClNO2/c1-2-16-12(15)11(13)14-9-8-10-6-4-3-5-7-10/h3-7H,2,8-9H2,1H3. The zero-order valence-corrected chi connectivity index (χ0v) is 9.91. The van der Waals surface area contributed by atoms with Gasteiger partial charge in [0.15, 0.2) is 0 Å². The van der Waals surface area contributed by atoms with Gasteiger partial charge in [0.2, 0.25) is 5.17 Å². The van der Waals surface area contributed by atoms with E-state index in [9.17, 15) is 4.79 Å². The number of rotatable bonds is 5. The van der Waals surface area contributed by atoms with Crippen LogP contribution in [0, 0.1) is 0 Å². The lowest BCUT2D eigenvalue weighted by Gasteiger charge is -2.00. The fourth-order valence-electron chi connectivity index (χ4n) is 1.18. The summed E-state index contributed by atoms with van der Waals surface area (Å²) in [6.07, 6.45) is 0.760. The van der Waals surface area contributed by atoms with Gasteiger partial charge in [0, 0.05) is 6.54 Å². The van der Waals surface area contributed by atoms with Gasteiger partial charge < -0.3 is 4.74 Å². The Morgan fingerprint density at radius 3 is 2.69 bits per heavy atom. The lowest BCUT2D eigenvalue weighted by Crippen LogP contribution is -2.12. The van der Waals surface area contributed by atoms with E-state index in [1.165, 1.54) is 5.56 Å². The second kappa shape index (κ2) is 7.01. The van der Waals surface area contributed by atoms with Crippen molar-refractivity contribution >= 4 is 22.7 Å². The van der Waals surface area contributed by atoms with Gasteiger partial charge in [-0.15, -0.1) is 0 Å². The van der Waals surface area contributed by atoms with Gasteiger partial charge in [0.05, 0.1) is 6.61 Å². The Balaban J connectivity index is 2.39. The lowest BCUT2D eigenvalue weighted by molar-refractivity contribution is -0.134. The summed E-state index contributed by atoms with van der Waals surface area (Å²) in [6, 6.07) is 9.90. The van der Waals surface area contributed by atoms with E-state index in [4.69, 9.17) is 16.3 Å². The van der Waals surface area contributed by atoms with E-state index in [1.54, 1.807) is 6.92 Å². The van der Waals surface area contributed by atoms with Gasteiger partial charge in [-0.05, 0) is 18.9 Å². The Hall–Kier alpha value is -1.35. The van der Waals surface area contributed by atoms with Crippen LogP contribution in [0.3, 0.4) is 0 Å². The normalized spacial score (nSPS) is 11.2. The molecule has 0 heterocycles. The Kier molecular flexibility index (Phi) is 5.57. The molecule has 16 heavy (non-hydrogen) atoms. The van der Waals surface area contributed by atoms with Crippen LogP contribution in [0.5, 0.6) is 0 Å². The summed E-state index contributed by atoms with van der Waals surface area (Å²) in [4.78, 5) is 15.0. The number of carbonyl (C=O) groups is 1. The summed E-state index contributed by atoms with van der Waals surface area (Å²) in [6.45, 7) is 2.52. The Morgan fingerprint density at radius 2 is 2.06 bits per heavy atom. The van der Waals surface area contributed by atoms with Crippen LogP contribution in [0.2, 0.25) is 0 Å². The molecule has 0 saturated carbocycles. The molecule has 0 spiro atoms. The van der Waals surface area contributed by atoms with Crippen LogP contribution in [0.25, 0.3) is 0 Å². The number of nitrogens with zero attached hydrogens (tertiary/aromatic N) is 1. The molecule has 86 valence electrons. The molecule has 0 radical (unpaired) electrons. The molecule has 0 bridgehead atoms. The van der Waals surface area contributed by atoms with Gasteiger partial charge in [-0.3, -0.25) is 4.99 Å². The number of carbonyl (C=O) groups excluding carboxylic acids is 1. The van der Waals surface area contributed by atoms with E-state index >= 15 is 0 Å². The van der Waals surface area contributed by atoms with Crippen molar-refractivity contribution in [3.05, 3.63) is 35.9 Å². The van der Waals surface area contributed by atoms with Crippen molar-refractivity contribution in [2.75, 3.05) is 13.2 Å². The summed E-state index contributed by atoms with van der Waals surface area (Å²) < 4.78 is 4.70. The average molecular weight is 240 g/mol. The van der Waals surface area contributed by atoms with E-state index in [0.717, 1.165) is 6.42 Å². The van der Waals surface area contributed by atoms with Crippen molar-refractivity contribution in [1.29, 1.82) is 0 Å². The van der Waals surface area contributed by atoms with Crippen molar-refractivity contribution in [2.24, 2.45) is 4.99 Å². The monoisotopic (exact) mass is 239 g/mol. The predicted molar refractivity (Wildman–Crippen MR) is 64.9 cm³/mol.